The molecule has 0 fully saturated rings. The Balaban J connectivity index is 1.90. The van der Waals surface area contributed by atoms with Crippen molar-refractivity contribution in [1.29, 1.82) is 0 Å². The Morgan fingerprint density at radius 1 is 0.591 bits per heavy atom. The summed E-state index contributed by atoms with van der Waals surface area (Å²) in [7, 11) is -0.606. The zero-order valence-electron chi connectivity index (χ0n) is 12.1. The van der Waals surface area contributed by atoms with E-state index in [2.05, 4.69) is 0 Å². The highest BCUT2D eigenvalue weighted by Gasteiger charge is 2.28. The first-order valence-electron chi connectivity index (χ1n) is 7.11. The molecule has 0 spiro atoms. The van der Waals surface area contributed by atoms with Gasteiger partial charge in [-0.25, -0.2) is 0 Å². The highest BCUT2D eigenvalue weighted by molar-refractivity contribution is 6.64. The third-order valence-electron chi connectivity index (χ3n) is 3.22. The van der Waals surface area contributed by atoms with Gasteiger partial charge in [-0.05, 0) is 30.3 Å². The SMILES string of the molecule is Nc1ccccc1B(Oc1ccccc1)Oc1ccccc1. The van der Waals surface area contributed by atoms with Crippen LogP contribution in [0, 0.1) is 0 Å². The standard InChI is InChI=1S/C18H16BNO2/c20-18-14-8-7-13-17(18)19(21-15-9-3-1-4-10-15)22-16-11-5-2-6-12-16/h1-14H,20H2. The van der Waals surface area contributed by atoms with E-state index in [1.807, 2.05) is 84.9 Å². The third-order valence-corrected chi connectivity index (χ3v) is 3.22. The zero-order valence-corrected chi connectivity index (χ0v) is 12.1. The van der Waals surface area contributed by atoms with Crippen LogP contribution in [-0.2, 0) is 0 Å². The summed E-state index contributed by atoms with van der Waals surface area (Å²) in [5, 5.41) is 0. The highest BCUT2D eigenvalue weighted by Crippen LogP contribution is 2.15. The summed E-state index contributed by atoms with van der Waals surface area (Å²) in [6.07, 6.45) is 0. The van der Waals surface area contributed by atoms with E-state index >= 15 is 0 Å². The molecule has 2 N–H and O–H groups in total. The van der Waals surface area contributed by atoms with Crippen molar-refractivity contribution in [2.75, 3.05) is 5.73 Å². The molecule has 3 rings (SSSR count). The van der Waals surface area contributed by atoms with E-state index < -0.39 is 7.12 Å². The summed E-state index contributed by atoms with van der Waals surface area (Å²) in [6, 6.07) is 26.7. The average Bonchev–Trinajstić information content (AvgIpc) is 2.57. The summed E-state index contributed by atoms with van der Waals surface area (Å²) in [5.74, 6) is 1.46. The van der Waals surface area contributed by atoms with E-state index in [0.717, 1.165) is 17.0 Å². The molecule has 108 valence electrons. The number of benzene rings is 3. The number of nitrogen functional groups attached to an aromatic ring is 1. The Labute approximate surface area is 130 Å². The van der Waals surface area contributed by atoms with Crippen LogP contribution in [-0.4, -0.2) is 7.12 Å². The Bertz CT molecular complexity index is 678. The van der Waals surface area contributed by atoms with Gasteiger partial charge in [-0.2, -0.15) is 0 Å². The summed E-state index contributed by atoms with van der Waals surface area (Å²) >= 11 is 0. The topological polar surface area (TPSA) is 44.5 Å². The molecular weight excluding hydrogens is 273 g/mol. The van der Waals surface area contributed by atoms with Gasteiger partial charge < -0.3 is 15.0 Å². The number of para-hydroxylation sites is 3. The average molecular weight is 289 g/mol. The van der Waals surface area contributed by atoms with Crippen molar-refractivity contribution in [3.05, 3.63) is 84.9 Å². The number of hydrogen-bond acceptors (Lipinski definition) is 3. The largest absolute Gasteiger partial charge is 0.634 e. The molecule has 0 aliphatic rings. The second kappa shape index (κ2) is 6.72. The second-order valence-corrected chi connectivity index (χ2v) is 4.82. The highest BCUT2D eigenvalue weighted by atomic mass is 16.6. The number of nitrogens with two attached hydrogens (primary N) is 1. The lowest BCUT2D eigenvalue weighted by molar-refractivity contribution is 0.439. The van der Waals surface area contributed by atoms with Gasteiger partial charge in [0.1, 0.15) is 11.5 Å². The molecule has 0 radical (unpaired) electrons. The molecule has 4 heteroatoms. The predicted molar refractivity (Wildman–Crippen MR) is 90.4 cm³/mol. The molecule has 0 aromatic heterocycles. The van der Waals surface area contributed by atoms with Gasteiger partial charge in [-0.1, -0.05) is 54.6 Å². The van der Waals surface area contributed by atoms with E-state index in [1.54, 1.807) is 0 Å². The fourth-order valence-corrected chi connectivity index (χ4v) is 2.12. The van der Waals surface area contributed by atoms with Crippen LogP contribution in [0.1, 0.15) is 0 Å². The molecule has 0 heterocycles. The quantitative estimate of drug-likeness (QED) is 0.579. The maximum absolute atomic E-state index is 6.07. The van der Waals surface area contributed by atoms with Crippen molar-refractivity contribution in [3.63, 3.8) is 0 Å². The molecular formula is C18H16BNO2. The zero-order chi connectivity index (χ0) is 15.2. The van der Waals surface area contributed by atoms with Crippen LogP contribution in [0.25, 0.3) is 0 Å². The number of hydrogen-bond donors (Lipinski definition) is 1. The van der Waals surface area contributed by atoms with Crippen LogP contribution in [0.15, 0.2) is 84.9 Å². The summed E-state index contributed by atoms with van der Waals surface area (Å²) in [6.45, 7) is 0. The van der Waals surface area contributed by atoms with E-state index in [0.29, 0.717) is 5.69 Å². The first-order valence-corrected chi connectivity index (χ1v) is 7.11. The maximum atomic E-state index is 6.07. The molecule has 0 saturated heterocycles. The predicted octanol–water partition coefficient (Wildman–Crippen LogP) is 3.12. The lowest BCUT2D eigenvalue weighted by atomic mass is 9.77. The van der Waals surface area contributed by atoms with Crippen molar-refractivity contribution in [3.8, 4) is 11.5 Å². The first-order chi connectivity index (χ1) is 10.8. The molecule has 0 atom stereocenters. The number of anilines is 1. The molecule has 0 saturated carbocycles. The smallest absolute Gasteiger partial charge is 0.522 e. The van der Waals surface area contributed by atoms with Crippen molar-refractivity contribution in [1.82, 2.24) is 0 Å². The van der Waals surface area contributed by atoms with E-state index in [4.69, 9.17) is 15.0 Å². The molecule has 0 aliphatic heterocycles. The Morgan fingerprint density at radius 3 is 1.55 bits per heavy atom. The van der Waals surface area contributed by atoms with E-state index in [1.165, 1.54) is 0 Å². The van der Waals surface area contributed by atoms with Gasteiger partial charge in [0.25, 0.3) is 0 Å². The minimum absolute atomic E-state index is 0.606. The fraction of sp³-hybridized carbons (Fsp3) is 0. The lowest BCUT2D eigenvalue weighted by Crippen LogP contribution is -2.44. The minimum atomic E-state index is -0.606. The molecule has 3 aromatic carbocycles. The van der Waals surface area contributed by atoms with E-state index in [-0.39, 0.29) is 0 Å². The van der Waals surface area contributed by atoms with Crippen LogP contribution < -0.4 is 20.5 Å². The van der Waals surface area contributed by atoms with Crippen LogP contribution in [0.5, 0.6) is 11.5 Å². The third kappa shape index (κ3) is 3.41. The minimum Gasteiger partial charge on any atom is -0.522 e. The molecule has 0 bridgehead atoms. The van der Waals surface area contributed by atoms with Gasteiger partial charge >= 0.3 is 7.12 Å². The van der Waals surface area contributed by atoms with Gasteiger partial charge in [-0.3, -0.25) is 0 Å². The van der Waals surface area contributed by atoms with Crippen LogP contribution in [0.4, 0.5) is 5.69 Å². The number of rotatable bonds is 5. The molecule has 3 aromatic rings. The Hall–Kier alpha value is -2.88. The van der Waals surface area contributed by atoms with Crippen LogP contribution in [0.2, 0.25) is 0 Å². The molecule has 0 unspecified atom stereocenters. The van der Waals surface area contributed by atoms with Gasteiger partial charge in [0, 0.05) is 11.2 Å². The molecule has 22 heavy (non-hydrogen) atoms. The summed E-state index contributed by atoms with van der Waals surface area (Å²) < 4.78 is 12.0. The summed E-state index contributed by atoms with van der Waals surface area (Å²) in [4.78, 5) is 0. The second-order valence-electron chi connectivity index (χ2n) is 4.82. The normalized spacial score (nSPS) is 10.0. The molecule has 3 nitrogen and oxygen atoms in total. The molecule has 0 aliphatic carbocycles. The van der Waals surface area contributed by atoms with Crippen molar-refractivity contribution in [2.24, 2.45) is 0 Å². The van der Waals surface area contributed by atoms with Gasteiger partial charge in [-0.15, -0.1) is 0 Å². The van der Waals surface area contributed by atoms with Gasteiger partial charge in [0.05, 0.1) is 0 Å². The Morgan fingerprint density at radius 2 is 1.05 bits per heavy atom. The Kier molecular flexibility index (Phi) is 4.30. The fourth-order valence-electron chi connectivity index (χ4n) is 2.12. The van der Waals surface area contributed by atoms with Crippen molar-refractivity contribution >= 4 is 18.3 Å². The van der Waals surface area contributed by atoms with Gasteiger partial charge in [0.15, 0.2) is 0 Å². The van der Waals surface area contributed by atoms with Crippen LogP contribution in [0.3, 0.4) is 0 Å². The van der Waals surface area contributed by atoms with Crippen molar-refractivity contribution < 1.29 is 9.31 Å². The lowest BCUT2D eigenvalue weighted by Gasteiger charge is -2.18. The monoisotopic (exact) mass is 289 g/mol. The maximum Gasteiger partial charge on any atom is 0.634 e. The van der Waals surface area contributed by atoms with Crippen LogP contribution >= 0.6 is 0 Å². The van der Waals surface area contributed by atoms with Gasteiger partial charge in [0.2, 0.25) is 0 Å². The first kappa shape index (κ1) is 14.1. The van der Waals surface area contributed by atoms with Crippen molar-refractivity contribution in [2.45, 2.75) is 0 Å². The summed E-state index contributed by atoms with van der Waals surface area (Å²) in [5.41, 5.74) is 7.51. The molecule has 0 amide bonds. The van der Waals surface area contributed by atoms with E-state index in [9.17, 15) is 0 Å².